The van der Waals surface area contributed by atoms with Gasteiger partial charge < -0.3 is 10.1 Å². The summed E-state index contributed by atoms with van der Waals surface area (Å²) >= 11 is 0. The van der Waals surface area contributed by atoms with Gasteiger partial charge in [-0.25, -0.2) is 4.98 Å². The zero-order valence-corrected chi connectivity index (χ0v) is 13.0. The molecule has 1 aliphatic carbocycles. The number of aromatic nitrogens is 3. The van der Waals surface area contributed by atoms with Crippen LogP contribution in [0.4, 0.5) is 0 Å². The summed E-state index contributed by atoms with van der Waals surface area (Å²) in [7, 11) is 0. The van der Waals surface area contributed by atoms with Crippen LogP contribution in [-0.4, -0.2) is 64.0 Å². The van der Waals surface area contributed by atoms with Crippen molar-refractivity contribution in [1.82, 2.24) is 25.0 Å². The first-order valence-electron chi connectivity index (χ1n) is 8.25. The van der Waals surface area contributed by atoms with E-state index in [9.17, 15) is 4.79 Å². The second-order valence-corrected chi connectivity index (χ2v) is 6.21. The van der Waals surface area contributed by atoms with Crippen LogP contribution in [0, 0.1) is 0 Å². The molecule has 0 spiro atoms. The Labute approximate surface area is 131 Å². The molecule has 7 nitrogen and oxygen atoms in total. The monoisotopic (exact) mass is 307 g/mol. The Morgan fingerprint density at radius 1 is 1.36 bits per heavy atom. The number of nitrogens with zero attached hydrogens (tertiary/aromatic N) is 4. The van der Waals surface area contributed by atoms with Crippen LogP contribution in [0.15, 0.2) is 12.7 Å². The number of carbonyl (C=O) groups excluding carboxylic acids is 1. The average molecular weight is 307 g/mol. The Morgan fingerprint density at radius 3 is 3.00 bits per heavy atom. The summed E-state index contributed by atoms with van der Waals surface area (Å²) in [4.78, 5) is 18.2. The molecule has 1 aliphatic heterocycles. The fourth-order valence-electron chi connectivity index (χ4n) is 3.26. The van der Waals surface area contributed by atoms with Crippen molar-refractivity contribution in [2.45, 2.75) is 50.8 Å². The first-order chi connectivity index (χ1) is 10.8. The van der Waals surface area contributed by atoms with Gasteiger partial charge in [0, 0.05) is 32.1 Å². The highest BCUT2D eigenvalue weighted by molar-refractivity contribution is 5.76. The van der Waals surface area contributed by atoms with Crippen molar-refractivity contribution in [3.63, 3.8) is 0 Å². The fourth-order valence-corrected chi connectivity index (χ4v) is 3.26. The maximum absolute atomic E-state index is 12.0. The Kier molecular flexibility index (Phi) is 5.39. The number of rotatable bonds is 6. The maximum Gasteiger partial charge on any atom is 0.221 e. The molecule has 2 fully saturated rings. The van der Waals surface area contributed by atoms with Crippen molar-refractivity contribution in [1.29, 1.82) is 0 Å². The lowest BCUT2D eigenvalue weighted by Crippen LogP contribution is -2.45. The molecule has 1 aromatic heterocycles. The molecule has 1 aromatic rings. The predicted octanol–water partition coefficient (Wildman–Crippen LogP) is 0.428. The fraction of sp³-hybridized carbons (Fsp3) is 0.800. The molecule has 1 atom stereocenters. The van der Waals surface area contributed by atoms with Gasteiger partial charge in [-0.3, -0.25) is 14.4 Å². The average Bonchev–Trinajstić information content (AvgIpc) is 3.19. The minimum absolute atomic E-state index is 0.119. The smallest absolute Gasteiger partial charge is 0.221 e. The van der Waals surface area contributed by atoms with E-state index in [1.54, 1.807) is 11.0 Å². The normalized spacial score (nSPS) is 23.7. The summed E-state index contributed by atoms with van der Waals surface area (Å²) in [5, 5.41) is 7.26. The van der Waals surface area contributed by atoms with Crippen LogP contribution in [-0.2, 0) is 16.1 Å². The van der Waals surface area contributed by atoms with Crippen molar-refractivity contribution in [3.8, 4) is 0 Å². The molecule has 1 amide bonds. The molecular formula is C15H25N5O2. The summed E-state index contributed by atoms with van der Waals surface area (Å²) in [6, 6.07) is 0.414. The van der Waals surface area contributed by atoms with Gasteiger partial charge in [-0.1, -0.05) is 12.8 Å². The summed E-state index contributed by atoms with van der Waals surface area (Å²) in [5.74, 6) is 0.186. The number of hydrogen-bond donors (Lipinski definition) is 1. The van der Waals surface area contributed by atoms with Gasteiger partial charge in [0.05, 0.1) is 19.3 Å². The van der Waals surface area contributed by atoms with Crippen LogP contribution in [0.5, 0.6) is 0 Å². The van der Waals surface area contributed by atoms with Gasteiger partial charge in [-0.05, 0) is 12.8 Å². The number of carbonyl (C=O) groups is 1. The summed E-state index contributed by atoms with van der Waals surface area (Å²) in [6.45, 7) is 3.96. The first kappa shape index (κ1) is 15.4. The van der Waals surface area contributed by atoms with E-state index in [0.29, 0.717) is 25.6 Å². The van der Waals surface area contributed by atoms with Crippen molar-refractivity contribution in [2.24, 2.45) is 0 Å². The molecule has 0 aromatic carbocycles. The summed E-state index contributed by atoms with van der Waals surface area (Å²) in [5.41, 5.74) is 0. The van der Waals surface area contributed by atoms with E-state index in [2.05, 4.69) is 20.3 Å². The second kappa shape index (κ2) is 7.69. The van der Waals surface area contributed by atoms with E-state index in [1.165, 1.54) is 19.2 Å². The minimum Gasteiger partial charge on any atom is -0.374 e. The van der Waals surface area contributed by atoms with Crippen LogP contribution >= 0.6 is 0 Å². The van der Waals surface area contributed by atoms with E-state index in [0.717, 1.165) is 32.5 Å². The predicted molar refractivity (Wildman–Crippen MR) is 81.2 cm³/mol. The Morgan fingerprint density at radius 2 is 2.23 bits per heavy atom. The van der Waals surface area contributed by atoms with E-state index in [4.69, 9.17) is 4.74 Å². The number of amides is 1. The van der Waals surface area contributed by atoms with Crippen LogP contribution in [0.3, 0.4) is 0 Å². The van der Waals surface area contributed by atoms with E-state index >= 15 is 0 Å². The van der Waals surface area contributed by atoms with Gasteiger partial charge >= 0.3 is 0 Å². The molecule has 7 heteroatoms. The molecule has 0 radical (unpaired) electrons. The molecule has 0 bridgehead atoms. The number of ether oxygens (including phenoxy) is 1. The number of nitrogens with one attached hydrogen (secondary N) is 1. The van der Waals surface area contributed by atoms with Crippen molar-refractivity contribution < 1.29 is 9.53 Å². The van der Waals surface area contributed by atoms with E-state index < -0.39 is 0 Å². The third-order valence-electron chi connectivity index (χ3n) is 4.46. The molecule has 1 N–H and O–H groups in total. The molecular weight excluding hydrogens is 282 g/mol. The highest BCUT2D eigenvalue weighted by atomic mass is 16.5. The van der Waals surface area contributed by atoms with Crippen LogP contribution in [0.1, 0.15) is 32.1 Å². The zero-order valence-electron chi connectivity index (χ0n) is 13.0. The lowest BCUT2D eigenvalue weighted by atomic mass is 10.2. The Balaban J connectivity index is 1.37. The van der Waals surface area contributed by atoms with Crippen molar-refractivity contribution >= 4 is 5.91 Å². The molecule has 1 saturated heterocycles. The molecule has 1 unspecified atom stereocenters. The third-order valence-corrected chi connectivity index (χ3v) is 4.46. The molecule has 1 saturated carbocycles. The van der Waals surface area contributed by atoms with Gasteiger partial charge in [0.25, 0.3) is 0 Å². The summed E-state index contributed by atoms with van der Waals surface area (Å²) < 4.78 is 7.56. The van der Waals surface area contributed by atoms with Gasteiger partial charge in [0.1, 0.15) is 12.7 Å². The van der Waals surface area contributed by atoms with Gasteiger partial charge in [-0.15, -0.1) is 0 Å². The van der Waals surface area contributed by atoms with Crippen molar-refractivity contribution in [2.75, 3.05) is 26.2 Å². The highest BCUT2D eigenvalue weighted by Gasteiger charge is 2.22. The molecule has 2 aliphatic rings. The largest absolute Gasteiger partial charge is 0.374 e. The van der Waals surface area contributed by atoms with Crippen LogP contribution < -0.4 is 5.32 Å². The van der Waals surface area contributed by atoms with Gasteiger partial charge in [0.2, 0.25) is 5.91 Å². The Hall–Kier alpha value is -1.47. The lowest BCUT2D eigenvalue weighted by molar-refractivity contribution is -0.122. The molecule has 3 rings (SSSR count). The lowest BCUT2D eigenvalue weighted by Gasteiger charge is -2.32. The Bertz CT molecular complexity index is 459. The number of morpholine rings is 1. The standard InChI is InChI=1S/C15H25N5O2/c21-15(18-13-3-1-2-4-13)5-6-19-7-8-22-14(9-19)10-20-12-16-11-17-20/h11-14H,1-10H2,(H,18,21). The highest BCUT2D eigenvalue weighted by Crippen LogP contribution is 2.17. The first-order valence-corrected chi connectivity index (χ1v) is 8.25. The minimum atomic E-state index is 0.119. The maximum atomic E-state index is 12.0. The van der Waals surface area contributed by atoms with E-state index in [-0.39, 0.29) is 12.0 Å². The topological polar surface area (TPSA) is 72.3 Å². The molecule has 122 valence electrons. The molecule has 22 heavy (non-hydrogen) atoms. The zero-order chi connectivity index (χ0) is 15.2. The van der Waals surface area contributed by atoms with Crippen LogP contribution in [0.2, 0.25) is 0 Å². The van der Waals surface area contributed by atoms with Gasteiger partial charge in [-0.2, -0.15) is 5.10 Å². The van der Waals surface area contributed by atoms with Crippen molar-refractivity contribution in [3.05, 3.63) is 12.7 Å². The molecule has 2 heterocycles. The SMILES string of the molecule is O=C(CCN1CCOC(Cn2cncn2)C1)NC1CCCC1. The summed E-state index contributed by atoms with van der Waals surface area (Å²) in [6.07, 6.45) is 8.72. The van der Waals surface area contributed by atoms with Crippen LogP contribution in [0.25, 0.3) is 0 Å². The van der Waals surface area contributed by atoms with Gasteiger partial charge in [0.15, 0.2) is 0 Å². The third kappa shape index (κ3) is 4.51. The van der Waals surface area contributed by atoms with E-state index in [1.807, 2.05) is 0 Å². The number of hydrogen-bond acceptors (Lipinski definition) is 5. The second-order valence-electron chi connectivity index (χ2n) is 6.21. The quantitative estimate of drug-likeness (QED) is 0.825.